The number of carbonyl (C=O) groups is 1. The van der Waals surface area contributed by atoms with Gasteiger partial charge in [0.25, 0.3) is 0 Å². The molecule has 0 unspecified atom stereocenters. The van der Waals surface area contributed by atoms with E-state index in [1.165, 1.54) is 0 Å². The number of hydrogen-bond donors (Lipinski definition) is 1. The van der Waals surface area contributed by atoms with E-state index in [1.54, 1.807) is 38.5 Å². The van der Waals surface area contributed by atoms with Crippen molar-refractivity contribution in [2.24, 2.45) is 0 Å². The van der Waals surface area contributed by atoms with Crippen LogP contribution in [0.1, 0.15) is 5.56 Å². The number of amides is 1. The Labute approximate surface area is 146 Å². The average molecular weight is 350 g/mol. The topological polar surface area (TPSA) is 56.8 Å². The molecule has 0 saturated carbocycles. The molecule has 24 heavy (non-hydrogen) atoms. The Morgan fingerprint density at radius 3 is 2.58 bits per heavy atom. The van der Waals surface area contributed by atoms with Crippen LogP contribution in [-0.2, 0) is 11.2 Å². The molecule has 0 aliphatic rings. The lowest BCUT2D eigenvalue weighted by Gasteiger charge is -2.10. The molecule has 0 atom stereocenters. The van der Waals surface area contributed by atoms with Crippen LogP contribution >= 0.6 is 11.6 Å². The summed E-state index contributed by atoms with van der Waals surface area (Å²) in [4.78, 5) is 12.0. The minimum absolute atomic E-state index is 0.0862. The van der Waals surface area contributed by atoms with Gasteiger partial charge in [-0.05, 0) is 35.9 Å². The lowest BCUT2D eigenvalue weighted by Crippen LogP contribution is -2.29. The van der Waals surface area contributed by atoms with Crippen LogP contribution in [-0.4, -0.2) is 33.3 Å². The van der Waals surface area contributed by atoms with E-state index in [-0.39, 0.29) is 12.3 Å². The molecule has 6 heteroatoms. The first-order chi connectivity index (χ1) is 11.6. The minimum Gasteiger partial charge on any atom is -0.493 e. The number of methoxy groups -OCH3 is 2. The standard InChI is InChI=1S/C18H20ClNO4/c1-22-16-7-6-13(10-17(16)23-2)11-18(21)20-8-9-24-15-5-3-4-14(19)12-15/h3-7,10,12H,8-9,11H2,1-2H3,(H,20,21). The maximum atomic E-state index is 12.0. The Kier molecular flexibility index (Phi) is 6.75. The van der Waals surface area contributed by atoms with Gasteiger partial charge in [0.2, 0.25) is 5.91 Å². The van der Waals surface area contributed by atoms with E-state index in [0.29, 0.717) is 35.4 Å². The summed E-state index contributed by atoms with van der Waals surface area (Å²) < 4.78 is 15.9. The Bertz CT molecular complexity index is 690. The van der Waals surface area contributed by atoms with E-state index in [1.807, 2.05) is 18.2 Å². The number of hydrogen-bond acceptors (Lipinski definition) is 4. The predicted molar refractivity (Wildman–Crippen MR) is 93.2 cm³/mol. The van der Waals surface area contributed by atoms with Crippen molar-refractivity contribution in [1.82, 2.24) is 5.32 Å². The van der Waals surface area contributed by atoms with Crippen molar-refractivity contribution >= 4 is 17.5 Å². The molecule has 2 aromatic rings. The number of rotatable bonds is 8. The Hall–Kier alpha value is -2.40. The van der Waals surface area contributed by atoms with E-state index >= 15 is 0 Å². The fourth-order valence-corrected chi connectivity index (χ4v) is 2.33. The van der Waals surface area contributed by atoms with Crippen LogP contribution in [0.2, 0.25) is 5.02 Å². The zero-order valence-electron chi connectivity index (χ0n) is 13.7. The van der Waals surface area contributed by atoms with Crippen LogP contribution in [0.25, 0.3) is 0 Å². The fourth-order valence-electron chi connectivity index (χ4n) is 2.15. The maximum absolute atomic E-state index is 12.0. The second-order valence-electron chi connectivity index (χ2n) is 5.02. The molecule has 0 aromatic heterocycles. The monoisotopic (exact) mass is 349 g/mol. The van der Waals surface area contributed by atoms with Crippen molar-refractivity contribution in [2.75, 3.05) is 27.4 Å². The first kappa shape index (κ1) is 17.9. The van der Waals surface area contributed by atoms with Crippen molar-refractivity contribution in [1.29, 1.82) is 0 Å². The molecule has 0 fully saturated rings. The van der Waals surface area contributed by atoms with Gasteiger partial charge >= 0.3 is 0 Å². The van der Waals surface area contributed by atoms with Gasteiger partial charge in [0, 0.05) is 5.02 Å². The van der Waals surface area contributed by atoms with E-state index in [4.69, 9.17) is 25.8 Å². The van der Waals surface area contributed by atoms with Crippen molar-refractivity contribution in [3.63, 3.8) is 0 Å². The van der Waals surface area contributed by atoms with Crippen LogP contribution in [0, 0.1) is 0 Å². The molecular formula is C18H20ClNO4. The average Bonchev–Trinajstić information content (AvgIpc) is 2.58. The van der Waals surface area contributed by atoms with E-state index in [2.05, 4.69) is 5.32 Å². The van der Waals surface area contributed by atoms with Crippen molar-refractivity contribution in [3.05, 3.63) is 53.1 Å². The van der Waals surface area contributed by atoms with Gasteiger partial charge in [0.1, 0.15) is 12.4 Å². The van der Waals surface area contributed by atoms with Gasteiger partial charge in [-0.3, -0.25) is 4.79 Å². The predicted octanol–water partition coefficient (Wildman–Crippen LogP) is 3.09. The summed E-state index contributed by atoms with van der Waals surface area (Å²) >= 11 is 5.88. The quantitative estimate of drug-likeness (QED) is 0.744. The number of ether oxygens (including phenoxy) is 3. The highest BCUT2D eigenvalue weighted by molar-refractivity contribution is 6.30. The van der Waals surface area contributed by atoms with Gasteiger partial charge in [0.05, 0.1) is 27.2 Å². The molecule has 5 nitrogen and oxygen atoms in total. The van der Waals surface area contributed by atoms with E-state index in [9.17, 15) is 4.79 Å². The molecule has 0 aliphatic heterocycles. The first-order valence-corrected chi connectivity index (χ1v) is 7.86. The second kappa shape index (κ2) is 9.03. The normalized spacial score (nSPS) is 10.1. The molecule has 0 saturated heterocycles. The van der Waals surface area contributed by atoms with Gasteiger partial charge in [-0.1, -0.05) is 23.7 Å². The summed E-state index contributed by atoms with van der Waals surface area (Å²) in [6.45, 7) is 0.788. The third-order valence-corrected chi connectivity index (χ3v) is 3.54. The van der Waals surface area contributed by atoms with Gasteiger partial charge in [-0.2, -0.15) is 0 Å². The van der Waals surface area contributed by atoms with Crippen LogP contribution in [0.5, 0.6) is 17.2 Å². The number of nitrogens with one attached hydrogen (secondary N) is 1. The first-order valence-electron chi connectivity index (χ1n) is 7.48. The second-order valence-corrected chi connectivity index (χ2v) is 5.46. The molecule has 1 N–H and O–H groups in total. The van der Waals surface area contributed by atoms with E-state index < -0.39 is 0 Å². The largest absolute Gasteiger partial charge is 0.493 e. The lowest BCUT2D eigenvalue weighted by molar-refractivity contribution is -0.120. The van der Waals surface area contributed by atoms with Gasteiger partial charge < -0.3 is 19.5 Å². The van der Waals surface area contributed by atoms with Gasteiger partial charge in [0.15, 0.2) is 11.5 Å². The van der Waals surface area contributed by atoms with Crippen molar-refractivity contribution < 1.29 is 19.0 Å². The van der Waals surface area contributed by atoms with Crippen LogP contribution in [0.4, 0.5) is 0 Å². The highest BCUT2D eigenvalue weighted by atomic mass is 35.5. The Balaban J connectivity index is 1.77. The maximum Gasteiger partial charge on any atom is 0.224 e. The van der Waals surface area contributed by atoms with Crippen molar-refractivity contribution in [3.8, 4) is 17.2 Å². The highest BCUT2D eigenvalue weighted by Gasteiger charge is 2.08. The van der Waals surface area contributed by atoms with Crippen molar-refractivity contribution in [2.45, 2.75) is 6.42 Å². The van der Waals surface area contributed by atoms with Crippen LogP contribution < -0.4 is 19.5 Å². The summed E-state index contributed by atoms with van der Waals surface area (Å²) in [5.41, 5.74) is 0.848. The number of benzene rings is 2. The number of halogens is 1. The Morgan fingerprint density at radius 1 is 1.08 bits per heavy atom. The summed E-state index contributed by atoms with van der Waals surface area (Å²) in [6.07, 6.45) is 0.261. The fraction of sp³-hybridized carbons (Fsp3) is 0.278. The molecule has 128 valence electrons. The molecular weight excluding hydrogens is 330 g/mol. The molecule has 0 spiro atoms. The SMILES string of the molecule is COc1ccc(CC(=O)NCCOc2cccc(Cl)c2)cc1OC. The zero-order chi connectivity index (χ0) is 17.4. The highest BCUT2D eigenvalue weighted by Crippen LogP contribution is 2.27. The van der Waals surface area contributed by atoms with Gasteiger partial charge in [-0.15, -0.1) is 0 Å². The summed E-state index contributed by atoms with van der Waals surface area (Å²) in [5.74, 6) is 1.83. The number of carbonyl (C=O) groups excluding carboxylic acids is 1. The third kappa shape index (κ3) is 5.35. The molecule has 2 rings (SSSR count). The molecule has 2 aromatic carbocycles. The zero-order valence-corrected chi connectivity index (χ0v) is 14.4. The Morgan fingerprint density at radius 2 is 1.88 bits per heavy atom. The third-order valence-electron chi connectivity index (χ3n) is 3.30. The molecule has 0 bridgehead atoms. The molecule has 1 amide bonds. The molecule has 0 aliphatic carbocycles. The van der Waals surface area contributed by atoms with E-state index in [0.717, 1.165) is 5.56 Å². The van der Waals surface area contributed by atoms with Gasteiger partial charge in [-0.25, -0.2) is 0 Å². The van der Waals surface area contributed by atoms with Crippen LogP contribution in [0.3, 0.4) is 0 Å². The minimum atomic E-state index is -0.0862. The summed E-state index contributed by atoms with van der Waals surface area (Å²) in [7, 11) is 3.14. The van der Waals surface area contributed by atoms with Crippen LogP contribution in [0.15, 0.2) is 42.5 Å². The lowest BCUT2D eigenvalue weighted by atomic mass is 10.1. The smallest absolute Gasteiger partial charge is 0.224 e. The summed E-state index contributed by atoms with van der Waals surface area (Å²) in [5, 5.41) is 3.43. The molecule has 0 radical (unpaired) electrons. The molecule has 0 heterocycles. The summed E-state index contributed by atoms with van der Waals surface area (Å²) in [6, 6.07) is 12.5.